The Morgan fingerprint density at radius 3 is 2.44 bits per heavy atom. The van der Waals surface area contributed by atoms with Gasteiger partial charge in [0, 0.05) is 13.2 Å². The van der Waals surface area contributed by atoms with Crippen LogP contribution < -0.4 is 5.32 Å². The molecule has 1 saturated carbocycles. The van der Waals surface area contributed by atoms with Crippen LogP contribution in [0.15, 0.2) is 0 Å². The molecular weight excluding hydrogens is 198 g/mol. The van der Waals surface area contributed by atoms with E-state index in [2.05, 4.69) is 5.32 Å². The lowest BCUT2D eigenvalue weighted by atomic mass is 10.00. The lowest BCUT2D eigenvalue weighted by molar-refractivity contribution is 0.0663. The molecule has 0 spiro atoms. The van der Waals surface area contributed by atoms with Crippen molar-refractivity contribution >= 4 is 0 Å². The lowest BCUT2D eigenvalue weighted by Crippen LogP contribution is -2.28. The zero-order chi connectivity index (χ0) is 11.1. The molecule has 2 rings (SSSR count). The number of rotatable bonds is 6. The van der Waals surface area contributed by atoms with Crippen molar-refractivity contribution in [3.8, 4) is 0 Å². The van der Waals surface area contributed by atoms with Gasteiger partial charge < -0.3 is 10.1 Å². The summed E-state index contributed by atoms with van der Waals surface area (Å²) < 4.78 is 5.37. The Labute approximate surface area is 100 Å². The number of ether oxygens (including phenoxy) is 1. The quantitative estimate of drug-likeness (QED) is 0.702. The summed E-state index contributed by atoms with van der Waals surface area (Å²) in [5.74, 6) is 1.94. The van der Waals surface area contributed by atoms with Crippen LogP contribution >= 0.6 is 0 Å². The van der Waals surface area contributed by atoms with Crippen LogP contribution in [-0.2, 0) is 4.74 Å². The molecule has 1 heterocycles. The standard InChI is InChI=1S/C14H27NO/c1-2-5-13(4-1)6-3-9-15-12-14-7-10-16-11-8-14/h13-15H,1-12H2. The molecule has 1 saturated heterocycles. The molecule has 16 heavy (non-hydrogen) atoms. The molecule has 0 unspecified atom stereocenters. The molecule has 1 aliphatic heterocycles. The highest BCUT2D eigenvalue weighted by Gasteiger charge is 2.15. The van der Waals surface area contributed by atoms with E-state index in [0.29, 0.717) is 0 Å². The molecule has 1 aliphatic carbocycles. The Morgan fingerprint density at radius 2 is 1.69 bits per heavy atom. The molecule has 0 aromatic rings. The topological polar surface area (TPSA) is 21.3 Å². The number of hydrogen-bond acceptors (Lipinski definition) is 2. The average Bonchev–Trinajstić information content (AvgIpc) is 2.83. The fourth-order valence-electron chi connectivity index (χ4n) is 3.07. The molecule has 2 aliphatic rings. The van der Waals surface area contributed by atoms with E-state index in [1.807, 2.05) is 0 Å². The van der Waals surface area contributed by atoms with Crippen molar-refractivity contribution in [2.24, 2.45) is 11.8 Å². The minimum atomic E-state index is 0.875. The van der Waals surface area contributed by atoms with Gasteiger partial charge in [0.05, 0.1) is 0 Å². The van der Waals surface area contributed by atoms with Gasteiger partial charge >= 0.3 is 0 Å². The fraction of sp³-hybridized carbons (Fsp3) is 1.00. The van der Waals surface area contributed by atoms with Gasteiger partial charge in [0.15, 0.2) is 0 Å². The molecule has 2 heteroatoms. The van der Waals surface area contributed by atoms with E-state index in [4.69, 9.17) is 4.74 Å². The van der Waals surface area contributed by atoms with Gasteiger partial charge in [-0.3, -0.25) is 0 Å². The summed E-state index contributed by atoms with van der Waals surface area (Å²) in [6, 6.07) is 0. The van der Waals surface area contributed by atoms with Crippen LogP contribution in [0, 0.1) is 11.8 Å². The second-order valence-electron chi connectivity index (χ2n) is 5.55. The molecule has 1 N–H and O–H groups in total. The van der Waals surface area contributed by atoms with Gasteiger partial charge in [0.25, 0.3) is 0 Å². The first-order valence-electron chi connectivity index (χ1n) is 7.23. The summed E-state index contributed by atoms with van der Waals surface area (Å²) in [5, 5.41) is 3.62. The van der Waals surface area contributed by atoms with Crippen LogP contribution in [-0.4, -0.2) is 26.3 Å². The van der Waals surface area contributed by atoms with Gasteiger partial charge in [0.1, 0.15) is 0 Å². The van der Waals surface area contributed by atoms with Crippen LogP contribution in [0.4, 0.5) is 0 Å². The van der Waals surface area contributed by atoms with Crippen molar-refractivity contribution in [1.29, 1.82) is 0 Å². The predicted molar refractivity (Wildman–Crippen MR) is 67.6 cm³/mol. The molecule has 0 amide bonds. The van der Waals surface area contributed by atoms with Crippen molar-refractivity contribution in [3.05, 3.63) is 0 Å². The third-order valence-corrected chi connectivity index (χ3v) is 4.21. The van der Waals surface area contributed by atoms with Crippen molar-refractivity contribution in [1.82, 2.24) is 5.32 Å². The second kappa shape index (κ2) is 7.29. The minimum Gasteiger partial charge on any atom is -0.381 e. The number of nitrogens with one attached hydrogen (secondary N) is 1. The number of hydrogen-bond donors (Lipinski definition) is 1. The molecule has 0 radical (unpaired) electrons. The first kappa shape index (κ1) is 12.4. The molecule has 0 atom stereocenters. The van der Waals surface area contributed by atoms with E-state index in [0.717, 1.165) is 25.0 Å². The van der Waals surface area contributed by atoms with Gasteiger partial charge in [-0.15, -0.1) is 0 Å². The maximum atomic E-state index is 5.37. The van der Waals surface area contributed by atoms with Gasteiger partial charge in [-0.05, 0) is 50.6 Å². The summed E-state index contributed by atoms with van der Waals surface area (Å²) in [7, 11) is 0. The Balaban J connectivity index is 1.42. The van der Waals surface area contributed by atoms with Crippen LogP contribution in [0.3, 0.4) is 0 Å². The predicted octanol–water partition coefficient (Wildman–Crippen LogP) is 2.97. The van der Waals surface area contributed by atoms with Gasteiger partial charge in [-0.25, -0.2) is 0 Å². The van der Waals surface area contributed by atoms with E-state index >= 15 is 0 Å². The Bertz CT molecular complexity index is 172. The summed E-state index contributed by atoms with van der Waals surface area (Å²) in [5.41, 5.74) is 0. The van der Waals surface area contributed by atoms with Crippen molar-refractivity contribution in [3.63, 3.8) is 0 Å². The van der Waals surface area contributed by atoms with E-state index in [1.165, 1.54) is 64.5 Å². The van der Waals surface area contributed by atoms with Crippen molar-refractivity contribution in [2.75, 3.05) is 26.3 Å². The van der Waals surface area contributed by atoms with E-state index in [-0.39, 0.29) is 0 Å². The highest BCUT2D eigenvalue weighted by Crippen LogP contribution is 2.28. The van der Waals surface area contributed by atoms with Crippen molar-refractivity contribution in [2.45, 2.75) is 51.4 Å². The van der Waals surface area contributed by atoms with E-state index in [9.17, 15) is 0 Å². The van der Waals surface area contributed by atoms with E-state index < -0.39 is 0 Å². The third-order valence-electron chi connectivity index (χ3n) is 4.21. The van der Waals surface area contributed by atoms with E-state index in [1.54, 1.807) is 0 Å². The molecule has 0 aromatic carbocycles. The highest BCUT2D eigenvalue weighted by molar-refractivity contribution is 4.69. The van der Waals surface area contributed by atoms with Gasteiger partial charge in [-0.1, -0.05) is 25.7 Å². The van der Waals surface area contributed by atoms with Gasteiger partial charge in [-0.2, -0.15) is 0 Å². The smallest absolute Gasteiger partial charge is 0.0469 e. The van der Waals surface area contributed by atoms with Crippen LogP contribution in [0.25, 0.3) is 0 Å². The van der Waals surface area contributed by atoms with Crippen molar-refractivity contribution < 1.29 is 4.74 Å². The Morgan fingerprint density at radius 1 is 0.938 bits per heavy atom. The summed E-state index contributed by atoms with van der Waals surface area (Å²) in [6.07, 6.45) is 11.3. The zero-order valence-electron chi connectivity index (χ0n) is 10.5. The van der Waals surface area contributed by atoms with Gasteiger partial charge in [0.2, 0.25) is 0 Å². The summed E-state index contributed by atoms with van der Waals surface area (Å²) in [6.45, 7) is 4.41. The van der Waals surface area contributed by atoms with Crippen LogP contribution in [0.2, 0.25) is 0 Å². The Kier molecular flexibility index (Phi) is 5.64. The highest BCUT2D eigenvalue weighted by atomic mass is 16.5. The minimum absolute atomic E-state index is 0.875. The molecule has 0 aromatic heterocycles. The first-order chi connectivity index (χ1) is 7.95. The second-order valence-corrected chi connectivity index (χ2v) is 5.55. The maximum absolute atomic E-state index is 5.37. The lowest BCUT2D eigenvalue weighted by Gasteiger charge is -2.22. The average molecular weight is 225 g/mol. The third kappa shape index (κ3) is 4.42. The SMILES string of the molecule is C1CCC(CCCNCC2CCOCC2)C1. The maximum Gasteiger partial charge on any atom is 0.0469 e. The normalized spacial score (nSPS) is 24.0. The van der Waals surface area contributed by atoms with Crippen LogP contribution in [0.1, 0.15) is 51.4 Å². The Hall–Kier alpha value is -0.0800. The molecular formula is C14H27NO. The summed E-state index contributed by atoms with van der Waals surface area (Å²) in [4.78, 5) is 0. The summed E-state index contributed by atoms with van der Waals surface area (Å²) >= 11 is 0. The molecule has 2 nitrogen and oxygen atoms in total. The molecule has 0 bridgehead atoms. The molecule has 94 valence electrons. The largest absolute Gasteiger partial charge is 0.381 e. The first-order valence-corrected chi connectivity index (χ1v) is 7.23. The monoisotopic (exact) mass is 225 g/mol. The fourth-order valence-corrected chi connectivity index (χ4v) is 3.07. The molecule has 2 fully saturated rings. The van der Waals surface area contributed by atoms with Crippen LogP contribution in [0.5, 0.6) is 0 Å². The zero-order valence-corrected chi connectivity index (χ0v) is 10.5.